The number of amides is 1. The van der Waals surface area contributed by atoms with Gasteiger partial charge in [-0.2, -0.15) is 0 Å². The lowest BCUT2D eigenvalue weighted by Gasteiger charge is -2.46. The summed E-state index contributed by atoms with van der Waals surface area (Å²) < 4.78 is 2.04. The highest BCUT2D eigenvalue weighted by Crippen LogP contribution is 2.41. The van der Waals surface area contributed by atoms with Crippen molar-refractivity contribution < 1.29 is 9.82 Å². The Morgan fingerprint density at radius 1 is 1.05 bits per heavy atom. The molecule has 2 aromatic carbocycles. The number of benzene rings is 2. The van der Waals surface area contributed by atoms with E-state index in [1.54, 1.807) is 13.0 Å². The van der Waals surface area contributed by atoms with Crippen LogP contribution in [0.1, 0.15) is 40.4 Å². The van der Waals surface area contributed by atoms with Crippen molar-refractivity contribution in [3.8, 4) is 0 Å². The monoisotopic (exact) mass is 596 g/mol. The van der Waals surface area contributed by atoms with Crippen molar-refractivity contribution in [2.75, 3.05) is 26.2 Å². The quantitative estimate of drug-likeness (QED) is 0.290. The smallest absolute Gasteiger partial charge is 0.376 e. The minimum absolute atomic E-state index is 0.0511. The summed E-state index contributed by atoms with van der Waals surface area (Å²) in [5, 5.41) is 11.3. The van der Waals surface area contributed by atoms with Gasteiger partial charge in [0.2, 0.25) is 5.91 Å². The Bertz CT molecular complexity index is 1520. The first-order chi connectivity index (χ1) is 21.0. The molecule has 0 bridgehead atoms. The van der Waals surface area contributed by atoms with Crippen molar-refractivity contribution in [2.45, 2.75) is 51.3 Å². The SMILES string of the molecule is CB(O)N1CCN(C2c3ncccc3CCc3cccc(Cl)c32)[C@@H](C(=O)N(CCCn2ccnc2)Cc2ccccc2)C1. The van der Waals surface area contributed by atoms with Gasteiger partial charge in [0.15, 0.2) is 0 Å². The normalized spacial score (nSPS) is 18.9. The molecule has 0 saturated carbocycles. The number of aryl methyl sites for hydroxylation is 3. The summed E-state index contributed by atoms with van der Waals surface area (Å²) in [5.41, 5.74) is 5.47. The minimum Gasteiger partial charge on any atom is -0.437 e. The summed E-state index contributed by atoms with van der Waals surface area (Å²) in [6, 6.07) is 19.6. The van der Waals surface area contributed by atoms with E-state index >= 15 is 0 Å². The molecule has 1 saturated heterocycles. The van der Waals surface area contributed by atoms with Crippen LogP contribution in [0.2, 0.25) is 11.8 Å². The van der Waals surface area contributed by atoms with Crippen molar-refractivity contribution in [1.82, 2.24) is 29.1 Å². The Labute approximate surface area is 259 Å². The number of piperazine rings is 1. The van der Waals surface area contributed by atoms with Crippen molar-refractivity contribution in [3.05, 3.63) is 119 Å². The molecule has 3 heterocycles. The Morgan fingerprint density at radius 3 is 2.65 bits per heavy atom. The van der Waals surface area contributed by atoms with Crippen LogP contribution in [0.3, 0.4) is 0 Å². The van der Waals surface area contributed by atoms with Crippen LogP contribution in [0.5, 0.6) is 0 Å². The van der Waals surface area contributed by atoms with Gasteiger partial charge >= 0.3 is 7.05 Å². The third-order valence-electron chi connectivity index (χ3n) is 8.80. The lowest BCUT2D eigenvalue weighted by molar-refractivity contribution is -0.140. The summed E-state index contributed by atoms with van der Waals surface area (Å²) in [5.74, 6) is 0.0511. The molecule has 1 fully saturated rings. The molecule has 2 aromatic heterocycles. The highest BCUT2D eigenvalue weighted by Gasteiger charge is 2.43. The Morgan fingerprint density at radius 2 is 1.86 bits per heavy atom. The van der Waals surface area contributed by atoms with E-state index in [0.29, 0.717) is 37.7 Å². The van der Waals surface area contributed by atoms with Crippen LogP contribution in [0, 0.1) is 0 Å². The maximum absolute atomic E-state index is 14.8. The van der Waals surface area contributed by atoms with Gasteiger partial charge in [0.1, 0.15) is 6.04 Å². The minimum atomic E-state index is -0.656. The van der Waals surface area contributed by atoms with Crippen molar-refractivity contribution in [1.29, 1.82) is 0 Å². The third kappa shape index (κ3) is 6.55. The van der Waals surface area contributed by atoms with Gasteiger partial charge in [0.25, 0.3) is 0 Å². The van der Waals surface area contributed by atoms with Gasteiger partial charge in [-0.15, -0.1) is 0 Å². The van der Waals surface area contributed by atoms with E-state index in [0.717, 1.165) is 42.6 Å². The summed E-state index contributed by atoms with van der Waals surface area (Å²) in [7, 11) is -0.656. The second kappa shape index (κ2) is 13.4. The average Bonchev–Trinajstić information content (AvgIpc) is 3.48. The summed E-state index contributed by atoms with van der Waals surface area (Å²) in [6.45, 7) is 5.32. The first-order valence-corrected chi connectivity index (χ1v) is 15.5. The van der Waals surface area contributed by atoms with Crippen molar-refractivity contribution in [2.24, 2.45) is 0 Å². The molecule has 0 spiro atoms. The van der Waals surface area contributed by atoms with Gasteiger partial charge in [0, 0.05) is 62.9 Å². The van der Waals surface area contributed by atoms with Gasteiger partial charge in [-0.25, -0.2) is 4.98 Å². The zero-order valence-corrected chi connectivity index (χ0v) is 25.4. The van der Waals surface area contributed by atoms with Crippen LogP contribution in [0.4, 0.5) is 0 Å². The second-order valence-electron chi connectivity index (χ2n) is 11.5. The first kappa shape index (κ1) is 29.6. The number of hydrogen-bond acceptors (Lipinski definition) is 6. The van der Waals surface area contributed by atoms with Crippen LogP contribution >= 0.6 is 11.6 Å². The fourth-order valence-corrected chi connectivity index (χ4v) is 6.87. The lowest BCUT2D eigenvalue weighted by atomic mass is 9.82. The molecule has 1 unspecified atom stereocenters. The molecule has 1 N–H and O–H groups in total. The number of fused-ring (bicyclic) bond motifs is 2. The average molecular weight is 597 g/mol. The molecule has 10 heteroatoms. The van der Waals surface area contributed by atoms with E-state index in [9.17, 15) is 9.82 Å². The van der Waals surface area contributed by atoms with Crippen LogP contribution in [-0.2, 0) is 30.7 Å². The standard InChI is InChI=1S/C33H38BClN6O2/c1-34(43)40-20-21-41(32-30-26(10-5-12-28(30)35)13-14-27-11-6-15-37-31(27)32)29(23-40)33(42)39(22-25-8-3-2-4-9-25)18-7-17-38-19-16-36-24-38/h2-6,8-12,15-16,19,24,29,32,43H,7,13-14,17-18,20-23H2,1H3/t29-,32?/m1/s1. The fourth-order valence-electron chi connectivity index (χ4n) is 6.57. The van der Waals surface area contributed by atoms with Crippen LogP contribution in [0.25, 0.3) is 0 Å². The third-order valence-corrected chi connectivity index (χ3v) is 9.12. The number of carbonyl (C=O) groups is 1. The number of carbonyl (C=O) groups excluding carboxylic acids is 1. The molecule has 1 aliphatic heterocycles. The van der Waals surface area contributed by atoms with Gasteiger partial charge < -0.3 is 19.3 Å². The predicted molar refractivity (Wildman–Crippen MR) is 170 cm³/mol. The molecular weight excluding hydrogens is 559 g/mol. The topological polar surface area (TPSA) is 77.7 Å². The molecular formula is C33H38BClN6O2. The van der Waals surface area contributed by atoms with E-state index in [-0.39, 0.29) is 11.9 Å². The molecule has 1 amide bonds. The summed E-state index contributed by atoms with van der Waals surface area (Å²) in [4.78, 5) is 30.2. The number of nitrogens with zero attached hydrogens (tertiary/aromatic N) is 6. The molecule has 4 aromatic rings. The Balaban J connectivity index is 1.38. The molecule has 2 aliphatic rings. The molecule has 8 nitrogen and oxygen atoms in total. The van der Waals surface area contributed by atoms with E-state index in [2.05, 4.69) is 34.1 Å². The molecule has 2 atom stereocenters. The Hall–Kier alpha value is -3.50. The summed E-state index contributed by atoms with van der Waals surface area (Å²) in [6.07, 6.45) is 9.91. The van der Waals surface area contributed by atoms with Gasteiger partial charge in [-0.1, -0.05) is 60.1 Å². The summed E-state index contributed by atoms with van der Waals surface area (Å²) >= 11 is 6.98. The van der Waals surface area contributed by atoms with Gasteiger partial charge in [-0.3, -0.25) is 14.7 Å². The zero-order chi connectivity index (χ0) is 29.8. The maximum Gasteiger partial charge on any atom is 0.376 e. The van der Waals surface area contributed by atoms with E-state index in [1.807, 2.05) is 69.4 Å². The number of pyridine rings is 1. The molecule has 43 heavy (non-hydrogen) atoms. The van der Waals surface area contributed by atoms with E-state index in [4.69, 9.17) is 16.6 Å². The van der Waals surface area contributed by atoms with Crippen molar-refractivity contribution in [3.63, 3.8) is 0 Å². The van der Waals surface area contributed by atoms with E-state index < -0.39 is 13.1 Å². The van der Waals surface area contributed by atoms with Crippen LogP contribution in [0.15, 0.2) is 85.6 Å². The largest absolute Gasteiger partial charge is 0.437 e. The first-order valence-electron chi connectivity index (χ1n) is 15.2. The van der Waals surface area contributed by atoms with Gasteiger partial charge in [0.05, 0.1) is 18.1 Å². The molecule has 1 aliphatic carbocycles. The highest BCUT2D eigenvalue weighted by atomic mass is 35.5. The zero-order valence-electron chi connectivity index (χ0n) is 24.6. The van der Waals surface area contributed by atoms with Crippen molar-refractivity contribution >= 4 is 24.6 Å². The lowest BCUT2D eigenvalue weighted by Crippen LogP contribution is -2.62. The molecule has 222 valence electrons. The molecule has 6 rings (SSSR count). The van der Waals surface area contributed by atoms with Gasteiger partial charge in [-0.05, 0) is 60.5 Å². The number of hydrogen-bond donors (Lipinski definition) is 1. The Kier molecular flexibility index (Phi) is 9.24. The molecule has 0 radical (unpaired) electrons. The fraction of sp³-hybridized carbons (Fsp3) is 0.364. The number of aromatic nitrogens is 3. The second-order valence-corrected chi connectivity index (χ2v) is 12.0. The number of halogens is 1. The van der Waals surface area contributed by atoms with Crippen LogP contribution < -0.4 is 0 Å². The number of imidazole rings is 1. The van der Waals surface area contributed by atoms with Crippen LogP contribution in [-0.4, -0.2) is 79.3 Å². The number of rotatable bonds is 9. The maximum atomic E-state index is 14.8. The highest BCUT2D eigenvalue weighted by molar-refractivity contribution is 6.45. The van der Waals surface area contributed by atoms with E-state index in [1.165, 1.54) is 11.1 Å². The predicted octanol–water partition coefficient (Wildman–Crippen LogP) is 4.34.